The number of carbonyl (C=O) groups excluding carboxylic acids is 1. The van der Waals surface area contributed by atoms with Gasteiger partial charge in [0, 0.05) is 13.1 Å². The predicted molar refractivity (Wildman–Crippen MR) is 78.3 cm³/mol. The summed E-state index contributed by atoms with van der Waals surface area (Å²) in [4.78, 5) is 25.3. The first-order valence-corrected chi connectivity index (χ1v) is 8.90. The molecular formula is C13H24N2O5S. The van der Waals surface area contributed by atoms with E-state index < -0.39 is 33.5 Å². The standard InChI is InChI=1S/C13H24N2O5S/c1-5-14(13(2,3)12(17)18)11(16)10-8-6-7-9-15(10)21(4,19)20/h10H,5-9H2,1-4H3,(H,17,18). The van der Waals surface area contributed by atoms with E-state index in [9.17, 15) is 23.1 Å². The second kappa shape index (κ2) is 6.31. The van der Waals surface area contributed by atoms with Crippen molar-refractivity contribution in [3.63, 3.8) is 0 Å². The van der Waals surface area contributed by atoms with Gasteiger partial charge >= 0.3 is 5.97 Å². The second-order valence-electron chi connectivity index (χ2n) is 5.83. The van der Waals surface area contributed by atoms with E-state index in [0.29, 0.717) is 19.4 Å². The Balaban J connectivity index is 3.11. The zero-order valence-electron chi connectivity index (χ0n) is 13.0. The number of likely N-dealkylation sites (N-methyl/N-ethyl adjacent to an activating group) is 1. The topological polar surface area (TPSA) is 95.0 Å². The summed E-state index contributed by atoms with van der Waals surface area (Å²) in [7, 11) is -3.49. The number of carbonyl (C=O) groups is 2. The molecule has 1 aliphatic heterocycles. The maximum Gasteiger partial charge on any atom is 0.329 e. The lowest BCUT2D eigenvalue weighted by molar-refractivity contribution is -0.158. The van der Waals surface area contributed by atoms with Crippen molar-refractivity contribution in [3.8, 4) is 0 Å². The summed E-state index contributed by atoms with van der Waals surface area (Å²) in [5.41, 5.74) is -1.37. The van der Waals surface area contributed by atoms with Gasteiger partial charge in [-0.1, -0.05) is 6.42 Å². The Morgan fingerprint density at radius 1 is 1.33 bits per heavy atom. The molecule has 0 aromatic heterocycles. The van der Waals surface area contributed by atoms with E-state index in [1.165, 1.54) is 23.1 Å². The maximum atomic E-state index is 12.7. The normalized spacial score (nSPS) is 21.0. The third kappa shape index (κ3) is 3.74. The van der Waals surface area contributed by atoms with Gasteiger partial charge in [0.05, 0.1) is 6.26 Å². The minimum atomic E-state index is -3.49. The molecule has 0 aromatic rings. The predicted octanol–water partition coefficient (Wildman–Crippen LogP) is 0.512. The molecule has 1 aliphatic rings. The van der Waals surface area contributed by atoms with Crippen LogP contribution in [-0.2, 0) is 19.6 Å². The molecule has 21 heavy (non-hydrogen) atoms. The van der Waals surface area contributed by atoms with Crippen LogP contribution in [0.5, 0.6) is 0 Å². The van der Waals surface area contributed by atoms with E-state index in [0.717, 1.165) is 12.7 Å². The summed E-state index contributed by atoms with van der Waals surface area (Å²) in [6.07, 6.45) is 2.98. The molecule has 1 atom stereocenters. The van der Waals surface area contributed by atoms with Crippen molar-refractivity contribution in [2.75, 3.05) is 19.3 Å². The van der Waals surface area contributed by atoms with Crippen LogP contribution < -0.4 is 0 Å². The van der Waals surface area contributed by atoms with Crippen LogP contribution in [0.1, 0.15) is 40.0 Å². The highest BCUT2D eigenvalue weighted by atomic mass is 32.2. The summed E-state index contributed by atoms with van der Waals surface area (Å²) in [6, 6.07) is -0.799. The first-order chi connectivity index (χ1) is 9.53. The average molecular weight is 320 g/mol. The Bertz CT molecular complexity index is 515. The summed E-state index contributed by atoms with van der Waals surface area (Å²) in [5, 5.41) is 9.29. The van der Waals surface area contributed by atoms with Crippen LogP contribution in [0.25, 0.3) is 0 Å². The molecule has 1 heterocycles. The summed E-state index contributed by atoms with van der Waals surface area (Å²) in [5.74, 6) is -1.55. The fourth-order valence-electron chi connectivity index (χ4n) is 2.67. The Labute approximate surface area is 126 Å². The number of piperidine rings is 1. The van der Waals surface area contributed by atoms with E-state index in [1.807, 2.05) is 0 Å². The van der Waals surface area contributed by atoms with E-state index in [2.05, 4.69) is 0 Å². The van der Waals surface area contributed by atoms with Gasteiger partial charge in [-0.05, 0) is 33.6 Å². The minimum absolute atomic E-state index is 0.215. The highest BCUT2D eigenvalue weighted by Crippen LogP contribution is 2.25. The summed E-state index contributed by atoms with van der Waals surface area (Å²) < 4.78 is 24.9. The molecule has 1 N–H and O–H groups in total. The molecule has 0 aliphatic carbocycles. The van der Waals surface area contributed by atoms with Crippen molar-refractivity contribution >= 4 is 21.9 Å². The maximum absolute atomic E-state index is 12.7. The van der Waals surface area contributed by atoms with Crippen molar-refractivity contribution in [1.29, 1.82) is 0 Å². The van der Waals surface area contributed by atoms with Gasteiger partial charge in [0.2, 0.25) is 15.9 Å². The molecule has 1 unspecified atom stereocenters. The molecular weight excluding hydrogens is 296 g/mol. The summed E-state index contributed by atoms with van der Waals surface area (Å²) in [6.45, 7) is 5.11. The number of nitrogens with zero attached hydrogens (tertiary/aromatic N) is 2. The van der Waals surface area contributed by atoms with E-state index >= 15 is 0 Å². The molecule has 0 aromatic carbocycles. The Hall–Kier alpha value is -1.15. The molecule has 1 amide bonds. The van der Waals surface area contributed by atoms with Crippen molar-refractivity contribution < 1.29 is 23.1 Å². The van der Waals surface area contributed by atoms with Crippen molar-refractivity contribution in [2.24, 2.45) is 0 Å². The molecule has 0 bridgehead atoms. The van der Waals surface area contributed by atoms with Gasteiger partial charge < -0.3 is 10.0 Å². The molecule has 8 heteroatoms. The number of carboxylic acids is 1. The first-order valence-electron chi connectivity index (χ1n) is 7.05. The van der Waals surface area contributed by atoms with Gasteiger partial charge in [0.25, 0.3) is 0 Å². The molecule has 1 fully saturated rings. The lowest BCUT2D eigenvalue weighted by Crippen LogP contribution is -2.60. The Morgan fingerprint density at radius 3 is 2.33 bits per heavy atom. The number of carboxylic acid groups (broad SMARTS) is 1. The highest BCUT2D eigenvalue weighted by molar-refractivity contribution is 7.88. The van der Waals surface area contributed by atoms with Gasteiger partial charge in [-0.25, -0.2) is 13.2 Å². The molecule has 0 saturated carbocycles. The largest absolute Gasteiger partial charge is 0.480 e. The highest BCUT2D eigenvalue weighted by Gasteiger charge is 2.43. The smallest absolute Gasteiger partial charge is 0.329 e. The van der Waals surface area contributed by atoms with Crippen molar-refractivity contribution in [3.05, 3.63) is 0 Å². The number of aliphatic carboxylic acids is 1. The molecule has 7 nitrogen and oxygen atoms in total. The minimum Gasteiger partial charge on any atom is -0.480 e. The third-order valence-electron chi connectivity index (χ3n) is 3.95. The molecule has 0 spiro atoms. The van der Waals surface area contributed by atoms with Gasteiger partial charge in [0.1, 0.15) is 11.6 Å². The molecule has 1 rings (SSSR count). The third-order valence-corrected chi connectivity index (χ3v) is 5.23. The molecule has 1 saturated heterocycles. The fraction of sp³-hybridized carbons (Fsp3) is 0.846. The SMILES string of the molecule is CCN(C(=O)C1CCCCN1S(C)(=O)=O)C(C)(C)C(=O)O. The van der Waals surface area contributed by atoms with Gasteiger partial charge in [-0.2, -0.15) is 4.31 Å². The van der Waals surface area contributed by atoms with Crippen LogP contribution in [0.4, 0.5) is 0 Å². The van der Waals surface area contributed by atoms with Crippen LogP contribution in [0, 0.1) is 0 Å². The fourth-order valence-corrected chi connectivity index (χ4v) is 3.79. The lowest BCUT2D eigenvalue weighted by atomic mass is 9.98. The zero-order chi connectivity index (χ0) is 16.4. The Morgan fingerprint density at radius 2 is 1.90 bits per heavy atom. The monoisotopic (exact) mass is 320 g/mol. The number of hydrogen-bond acceptors (Lipinski definition) is 4. The van der Waals surface area contributed by atoms with E-state index in [4.69, 9.17) is 0 Å². The van der Waals surface area contributed by atoms with Crippen LogP contribution >= 0.6 is 0 Å². The van der Waals surface area contributed by atoms with Gasteiger partial charge in [0.15, 0.2) is 0 Å². The van der Waals surface area contributed by atoms with Gasteiger partial charge in [-0.3, -0.25) is 4.79 Å². The van der Waals surface area contributed by atoms with E-state index in [1.54, 1.807) is 6.92 Å². The number of amides is 1. The molecule has 122 valence electrons. The first kappa shape index (κ1) is 17.9. The summed E-state index contributed by atoms with van der Waals surface area (Å²) >= 11 is 0. The number of rotatable bonds is 5. The van der Waals surface area contributed by atoms with Crippen molar-refractivity contribution in [2.45, 2.75) is 51.6 Å². The Kier molecular flexibility index (Phi) is 5.38. The number of sulfonamides is 1. The average Bonchev–Trinajstić information content (AvgIpc) is 2.37. The second-order valence-corrected chi connectivity index (χ2v) is 7.77. The van der Waals surface area contributed by atoms with Gasteiger partial charge in [-0.15, -0.1) is 0 Å². The van der Waals surface area contributed by atoms with Crippen LogP contribution in [-0.4, -0.2) is 65.5 Å². The van der Waals surface area contributed by atoms with Crippen LogP contribution in [0.15, 0.2) is 0 Å². The lowest BCUT2D eigenvalue weighted by Gasteiger charge is -2.40. The quantitative estimate of drug-likeness (QED) is 0.796. The zero-order valence-corrected chi connectivity index (χ0v) is 13.8. The van der Waals surface area contributed by atoms with Crippen LogP contribution in [0.3, 0.4) is 0 Å². The van der Waals surface area contributed by atoms with Crippen molar-refractivity contribution in [1.82, 2.24) is 9.21 Å². The number of hydrogen-bond donors (Lipinski definition) is 1. The molecule has 0 radical (unpaired) electrons. The van der Waals surface area contributed by atoms with E-state index in [-0.39, 0.29) is 6.54 Å². The van der Waals surface area contributed by atoms with Crippen LogP contribution in [0.2, 0.25) is 0 Å².